The van der Waals surface area contributed by atoms with Crippen molar-refractivity contribution in [2.24, 2.45) is 5.41 Å². The molecular weight excluding hydrogens is 314 g/mol. The van der Waals surface area contributed by atoms with Gasteiger partial charge in [0.1, 0.15) is 5.75 Å². The van der Waals surface area contributed by atoms with Gasteiger partial charge in [-0.05, 0) is 50.3 Å². The Kier molecular flexibility index (Phi) is 5.42. The molecule has 2 aromatic rings. The lowest BCUT2D eigenvalue weighted by Crippen LogP contribution is -2.40. The summed E-state index contributed by atoms with van der Waals surface area (Å²) < 4.78 is 11.2. The molecule has 0 aliphatic carbocycles. The van der Waals surface area contributed by atoms with Crippen LogP contribution < -0.4 is 4.74 Å². The molecule has 2 heterocycles. The van der Waals surface area contributed by atoms with Crippen molar-refractivity contribution in [2.45, 2.75) is 59.5 Å². The number of hydrogen-bond acceptors (Lipinski definition) is 5. The molecule has 5 nitrogen and oxygen atoms in total. The molecule has 1 aliphatic rings. The van der Waals surface area contributed by atoms with Crippen LogP contribution in [0.4, 0.5) is 0 Å². The average Bonchev–Trinajstić information content (AvgIpc) is 3.26. The molecule has 25 heavy (non-hydrogen) atoms. The van der Waals surface area contributed by atoms with Crippen LogP contribution in [0.25, 0.3) is 11.4 Å². The van der Waals surface area contributed by atoms with Crippen LogP contribution in [0.15, 0.2) is 28.8 Å². The highest BCUT2D eigenvalue weighted by atomic mass is 16.5. The second-order valence-electron chi connectivity index (χ2n) is 7.41. The SMILES string of the molecule is CCOc1ccccc1-c1noc(CN2CCCC2C(C)(C)CC)n1. The molecular formula is C20H29N3O2. The number of aromatic nitrogens is 2. The standard InChI is InChI=1S/C20H29N3O2/c1-5-20(3,4)17-12-9-13-23(17)14-18-21-19(22-25-18)15-10-7-8-11-16(15)24-6-2/h7-8,10-11,17H,5-6,9,12-14H2,1-4H3. The van der Waals surface area contributed by atoms with Crippen LogP contribution in [0, 0.1) is 5.41 Å². The fourth-order valence-electron chi connectivity index (χ4n) is 3.67. The predicted octanol–water partition coefficient (Wildman–Crippen LogP) is 4.54. The Bertz CT molecular complexity index is 696. The first kappa shape index (κ1) is 17.9. The Labute approximate surface area is 150 Å². The van der Waals surface area contributed by atoms with Crippen molar-refractivity contribution < 1.29 is 9.26 Å². The summed E-state index contributed by atoms with van der Waals surface area (Å²) in [4.78, 5) is 7.13. The van der Waals surface area contributed by atoms with Gasteiger partial charge >= 0.3 is 0 Å². The van der Waals surface area contributed by atoms with Gasteiger partial charge in [-0.3, -0.25) is 4.90 Å². The van der Waals surface area contributed by atoms with E-state index in [1.807, 2.05) is 31.2 Å². The fraction of sp³-hybridized carbons (Fsp3) is 0.600. The first-order valence-corrected chi connectivity index (χ1v) is 9.34. The fourth-order valence-corrected chi connectivity index (χ4v) is 3.67. The van der Waals surface area contributed by atoms with Crippen LogP contribution >= 0.6 is 0 Å². The van der Waals surface area contributed by atoms with Gasteiger partial charge in [0, 0.05) is 6.04 Å². The molecule has 136 valence electrons. The lowest BCUT2D eigenvalue weighted by Gasteiger charge is -2.36. The zero-order valence-electron chi connectivity index (χ0n) is 15.8. The summed E-state index contributed by atoms with van der Waals surface area (Å²) in [6, 6.07) is 8.41. The quantitative estimate of drug-likeness (QED) is 0.739. The third kappa shape index (κ3) is 3.87. The van der Waals surface area contributed by atoms with Gasteiger partial charge in [-0.25, -0.2) is 0 Å². The lowest BCUT2D eigenvalue weighted by molar-refractivity contribution is 0.105. The molecule has 0 radical (unpaired) electrons. The lowest BCUT2D eigenvalue weighted by atomic mass is 9.80. The molecule has 0 spiro atoms. The number of hydrogen-bond donors (Lipinski definition) is 0. The minimum atomic E-state index is 0.306. The Morgan fingerprint density at radius 3 is 2.84 bits per heavy atom. The molecule has 1 fully saturated rings. The third-order valence-electron chi connectivity index (χ3n) is 5.41. The van der Waals surface area contributed by atoms with Gasteiger partial charge in [0.15, 0.2) is 0 Å². The van der Waals surface area contributed by atoms with Crippen LogP contribution in [0.2, 0.25) is 0 Å². The number of nitrogens with zero attached hydrogens (tertiary/aromatic N) is 3. The molecule has 0 bridgehead atoms. The summed E-state index contributed by atoms with van der Waals surface area (Å²) in [5.41, 5.74) is 1.19. The minimum Gasteiger partial charge on any atom is -0.493 e. The van der Waals surface area contributed by atoms with E-state index in [9.17, 15) is 0 Å². The van der Waals surface area contributed by atoms with Crippen molar-refractivity contribution in [2.75, 3.05) is 13.2 Å². The molecule has 1 aliphatic heterocycles. The number of rotatable bonds is 7. The minimum absolute atomic E-state index is 0.306. The van der Waals surface area contributed by atoms with E-state index in [1.54, 1.807) is 0 Å². The summed E-state index contributed by atoms with van der Waals surface area (Å²) in [7, 11) is 0. The summed E-state index contributed by atoms with van der Waals surface area (Å²) >= 11 is 0. The number of para-hydroxylation sites is 1. The van der Waals surface area contributed by atoms with Crippen molar-refractivity contribution >= 4 is 0 Å². The molecule has 5 heteroatoms. The van der Waals surface area contributed by atoms with E-state index in [2.05, 4.69) is 35.8 Å². The van der Waals surface area contributed by atoms with E-state index >= 15 is 0 Å². The van der Waals surface area contributed by atoms with Gasteiger partial charge in [0.25, 0.3) is 0 Å². The number of benzene rings is 1. The highest BCUT2D eigenvalue weighted by Crippen LogP contribution is 2.36. The Hall–Kier alpha value is -1.88. The Morgan fingerprint density at radius 2 is 2.08 bits per heavy atom. The Balaban J connectivity index is 1.76. The highest BCUT2D eigenvalue weighted by Gasteiger charge is 2.36. The molecule has 1 unspecified atom stereocenters. The van der Waals surface area contributed by atoms with E-state index < -0.39 is 0 Å². The van der Waals surface area contributed by atoms with Crippen LogP contribution in [-0.4, -0.2) is 34.2 Å². The molecule has 0 amide bonds. The van der Waals surface area contributed by atoms with E-state index in [0.717, 1.165) is 24.4 Å². The first-order valence-electron chi connectivity index (χ1n) is 9.34. The normalized spacial score (nSPS) is 18.6. The maximum atomic E-state index is 5.68. The van der Waals surface area contributed by atoms with Gasteiger partial charge < -0.3 is 9.26 Å². The van der Waals surface area contributed by atoms with Crippen molar-refractivity contribution in [3.63, 3.8) is 0 Å². The molecule has 3 rings (SSSR count). The maximum absolute atomic E-state index is 5.68. The number of likely N-dealkylation sites (tertiary alicyclic amines) is 1. The van der Waals surface area contributed by atoms with Gasteiger partial charge in [-0.15, -0.1) is 0 Å². The molecule has 0 N–H and O–H groups in total. The Morgan fingerprint density at radius 1 is 1.28 bits per heavy atom. The number of ether oxygens (including phenoxy) is 1. The summed E-state index contributed by atoms with van der Waals surface area (Å²) in [5, 5.41) is 4.19. The zero-order valence-corrected chi connectivity index (χ0v) is 15.8. The zero-order chi connectivity index (χ0) is 17.9. The molecule has 1 aromatic heterocycles. The van der Waals surface area contributed by atoms with Crippen molar-refractivity contribution in [1.82, 2.24) is 15.0 Å². The molecule has 1 atom stereocenters. The molecule has 1 aromatic carbocycles. The van der Waals surface area contributed by atoms with Gasteiger partial charge in [-0.1, -0.05) is 38.1 Å². The summed E-state index contributed by atoms with van der Waals surface area (Å²) in [6.07, 6.45) is 3.66. The van der Waals surface area contributed by atoms with Gasteiger partial charge in [0.2, 0.25) is 11.7 Å². The van der Waals surface area contributed by atoms with E-state index in [0.29, 0.717) is 29.8 Å². The largest absolute Gasteiger partial charge is 0.493 e. The first-order chi connectivity index (χ1) is 12.0. The highest BCUT2D eigenvalue weighted by molar-refractivity contribution is 5.63. The van der Waals surface area contributed by atoms with E-state index in [-0.39, 0.29) is 0 Å². The second kappa shape index (κ2) is 7.56. The third-order valence-corrected chi connectivity index (χ3v) is 5.41. The predicted molar refractivity (Wildman–Crippen MR) is 98.4 cm³/mol. The van der Waals surface area contributed by atoms with Gasteiger partial charge in [-0.2, -0.15) is 4.98 Å². The van der Waals surface area contributed by atoms with Crippen LogP contribution in [0.1, 0.15) is 52.8 Å². The maximum Gasteiger partial charge on any atom is 0.241 e. The second-order valence-corrected chi connectivity index (χ2v) is 7.41. The van der Waals surface area contributed by atoms with Crippen LogP contribution in [-0.2, 0) is 6.54 Å². The molecule has 1 saturated heterocycles. The molecule has 0 saturated carbocycles. The van der Waals surface area contributed by atoms with Crippen molar-refractivity contribution in [3.8, 4) is 17.1 Å². The van der Waals surface area contributed by atoms with E-state index in [1.165, 1.54) is 19.3 Å². The summed E-state index contributed by atoms with van der Waals surface area (Å²) in [6.45, 7) is 11.4. The topological polar surface area (TPSA) is 51.4 Å². The van der Waals surface area contributed by atoms with Crippen LogP contribution in [0.5, 0.6) is 5.75 Å². The average molecular weight is 343 g/mol. The van der Waals surface area contributed by atoms with Crippen molar-refractivity contribution in [3.05, 3.63) is 30.2 Å². The van der Waals surface area contributed by atoms with Crippen LogP contribution in [0.3, 0.4) is 0 Å². The monoisotopic (exact) mass is 343 g/mol. The van der Waals surface area contributed by atoms with E-state index in [4.69, 9.17) is 9.26 Å². The summed E-state index contributed by atoms with van der Waals surface area (Å²) in [5.74, 6) is 2.08. The van der Waals surface area contributed by atoms with Crippen molar-refractivity contribution in [1.29, 1.82) is 0 Å². The smallest absolute Gasteiger partial charge is 0.241 e. The van der Waals surface area contributed by atoms with Gasteiger partial charge in [0.05, 0.1) is 18.7 Å².